The first-order valence-corrected chi connectivity index (χ1v) is 7.76. The van der Waals surface area contributed by atoms with Crippen molar-refractivity contribution in [3.8, 4) is 0 Å². The highest BCUT2D eigenvalue weighted by Gasteiger charge is 2.35. The molecule has 0 bridgehead atoms. The van der Waals surface area contributed by atoms with Crippen LogP contribution in [0.4, 0.5) is 0 Å². The fourth-order valence-corrected chi connectivity index (χ4v) is 3.02. The molecule has 2 aromatic rings. The molecule has 5 nitrogen and oxygen atoms in total. The summed E-state index contributed by atoms with van der Waals surface area (Å²) < 4.78 is 0. The molecule has 1 aromatic heterocycles. The van der Waals surface area contributed by atoms with Crippen LogP contribution >= 0.6 is 0 Å². The van der Waals surface area contributed by atoms with Gasteiger partial charge in [-0.3, -0.25) is 14.6 Å². The molecule has 1 fully saturated rings. The van der Waals surface area contributed by atoms with Crippen LogP contribution in [0.25, 0.3) is 0 Å². The number of ketones is 1. The summed E-state index contributed by atoms with van der Waals surface area (Å²) in [6.45, 7) is 4.47. The molecule has 0 radical (unpaired) electrons. The summed E-state index contributed by atoms with van der Waals surface area (Å²) in [5.74, 6) is -0.208. The van der Waals surface area contributed by atoms with Gasteiger partial charge in [-0.1, -0.05) is 17.7 Å². The molecule has 1 atom stereocenters. The minimum absolute atomic E-state index is 0.0148. The maximum Gasteiger partial charge on any atom is 0.274 e. The summed E-state index contributed by atoms with van der Waals surface area (Å²) in [5.41, 5.74) is 2.98. The molecule has 0 saturated carbocycles. The van der Waals surface area contributed by atoms with Gasteiger partial charge in [-0.15, -0.1) is 0 Å². The van der Waals surface area contributed by atoms with Crippen LogP contribution < -0.4 is 0 Å². The number of aryl methyl sites for hydroxylation is 2. The van der Waals surface area contributed by atoms with Gasteiger partial charge in [0.2, 0.25) is 0 Å². The lowest BCUT2D eigenvalue weighted by atomic mass is 9.96. The lowest BCUT2D eigenvalue weighted by Gasteiger charge is -2.24. The molecule has 1 unspecified atom stereocenters. The predicted molar refractivity (Wildman–Crippen MR) is 86.3 cm³/mol. The lowest BCUT2D eigenvalue weighted by Crippen LogP contribution is -2.41. The molecule has 2 heterocycles. The number of carbonyl (C=O) groups is 2. The van der Waals surface area contributed by atoms with E-state index < -0.39 is 6.04 Å². The quantitative estimate of drug-likeness (QED) is 0.818. The number of rotatable bonds is 3. The Morgan fingerprint density at radius 3 is 2.78 bits per heavy atom. The highest BCUT2D eigenvalue weighted by molar-refractivity contribution is 6.05. The Morgan fingerprint density at radius 2 is 2.04 bits per heavy atom. The Kier molecular flexibility index (Phi) is 4.19. The molecule has 1 saturated heterocycles. The van der Waals surface area contributed by atoms with E-state index in [1.54, 1.807) is 4.90 Å². The number of Topliss-reactive ketones (excluding diaryl/α,β-unsaturated/α-hetero) is 1. The summed E-state index contributed by atoms with van der Waals surface area (Å²) in [5, 5.41) is 0. The average Bonchev–Trinajstić information content (AvgIpc) is 3.06. The number of likely N-dealkylation sites (tertiary alicyclic amines) is 1. The third kappa shape index (κ3) is 2.99. The zero-order valence-corrected chi connectivity index (χ0v) is 13.3. The average molecular weight is 309 g/mol. The van der Waals surface area contributed by atoms with E-state index in [4.69, 9.17) is 0 Å². The fraction of sp³-hybridized carbons (Fsp3) is 0.333. The minimum Gasteiger partial charge on any atom is -0.327 e. The maximum absolute atomic E-state index is 12.9. The lowest BCUT2D eigenvalue weighted by molar-refractivity contribution is 0.0666. The van der Waals surface area contributed by atoms with E-state index in [0.29, 0.717) is 18.5 Å². The van der Waals surface area contributed by atoms with E-state index in [2.05, 4.69) is 9.97 Å². The monoisotopic (exact) mass is 309 g/mol. The van der Waals surface area contributed by atoms with Crippen molar-refractivity contribution < 1.29 is 9.59 Å². The number of carbonyl (C=O) groups excluding carboxylic acids is 2. The molecule has 3 rings (SSSR count). The maximum atomic E-state index is 12.9. The fourth-order valence-electron chi connectivity index (χ4n) is 3.02. The van der Waals surface area contributed by atoms with E-state index >= 15 is 0 Å². The van der Waals surface area contributed by atoms with Gasteiger partial charge in [0, 0.05) is 24.5 Å². The van der Waals surface area contributed by atoms with Crippen molar-refractivity contribution in [3.63, 3.8) is 0 Å². The van der Waals surface area contributed by atoms with Crippen LogP contribution in [-0.2, 0) is 0 Å². The van der Waals surface area contributed by atoms with Crippen molar-refractivity contribution in [2.75, 3.05) is 6.54 Å². The smallest absolute Gasteiger partial charge is 0.274 e. The van der Waals surface area contributed by atoms with Crippen LogP contribution in [-0.4, -0.2) is 39.1 Å². The van der Waals surface area contributed by atoms with Crippen molar-refractivity contribution in [2.45, 2.75) is 32.7 Å². The molecule has 0 spiro atoms. The van der Waals surface area contributed by atoms with Crippen LogP contribution in [0.3, 0.4) is 0 Å². The summed E-state index contributed by atoms with van der Waals surface area (Å²) in [7, 11) is 0. The van der Waals surface area contributed by atoms with E-state index in [9.17, 15) is 9.59 Å². The van der Waals surface area contributed by atoms with Crippen LogP contribution in [0.1, 0.15) is 44.8 Å². The van der Waals surface area contributed by atoms with Gasteiger partial charge in [0.15, 0.2) is 5.78 Å². The molecular weight excluding hydrogens is 290 g/mol. The Morgan fingerprint density at radius 1 is 1.22 bits per heavy atom. The van der Waals surface area contributed by atoms with Crippen molar-refractivity contribution >= 4 is 11.7 Å². The SMILES string of the molecule is Cc1ccc(C)c(C(=O)C2CCCN2C(=O)c2cnccn2)c1. The largest absolute Gasteiger partial charge is 0.327 e. The minimum atomic E-state index is -0.412. The Bertz CT molecular complexity index is 743. The topological polar surface area (TPSA) is 63.2 Å². The number of benzene rings is 1. The van der Waals surface area contributed by atoms with Crippen LogP contribution in [0.15, 0.2) is 36.8 Å². The Labute approximate surface area is 135 Å². The second-order valence-corrected chi connectivity index (χ2v) is 5.93. The van der Waals surface area contributed by atoms with Crippen LogP contribution in [0.5, 0.6) is 0 Å². The molecule has 1 aliphatic rings. The third-order valence-corrected chi connectivity index (χ3v) is 4.26. The van der Waals surface area contributed by atoms with E-state index in [0.717, 1.165) is 17.5 Å². The standard InChI is InChI=1S/C18H19N3O2/c1-12-5-6-13(2)14(10-12)17(22)16-4-3-9-21(16)18(23)15-11-19-7-8-20-15/h5-8,10-11,16H,3-4,9H2,1-2H3. The molecule has 1 amide bonds. The number of hydrogen-bond donors (Lipinski definition) is 0. The Hall–Kier alpha value is -2.56. The van der Waals surface area contributed by atoms with Gasteiger partial charge >= 0.3 is 0 Å². The highest BCUT2D eigenvalue weighted by atomic mass is 16.2. The molecule has 0 N–H and O–H groups in total. The number of amides is 1. The normalized spacial score (nSPS) is 17.3. The second-order valence-electron chi connectivity index (χ2n) is 5.93. The molecule has 1 aromatic carbocycles. The number of aromatic nitrogens is 2. The van der Waals surface area contributed by atoms with Crippen molar-refractivity contribution in [3.05, 3.63) is 59.2 Å². The zero-order valence-electron chi connectivity index (χ0n) is 13.3. The first kappa shape index (κ1) is 15.3. The predicted octanol–water partition coefficient (Wildman–Crippen LogP) is 2.58. The molecule has 1 aliphatic heterocycles. The molecular formula is C18H19N3O2. The molecule has 118 valence electrons. The summed E-state index contributed by atoms with van der Waals surface area (Å²) in [6, 6.07) is 5.43. The van der Waals surface area contributed by atoms with Crippen LogP contribution in [0, 0.1) is 13.8 Å². The summed E-state index contributed by atoms with van der Waals surface area (Å²) in [4.78, 5) is 35.2. The summed E-state index contributed by atoms with van der Waals surface area (Å²) in [6.07, 6.45) is 5.98. The molecule has 0 aliphatic carbocycles. The van der Waals surface area contributed by atoms with Gasteiger partial charge in [-0.25, -0.2) is 4.98 Å². The van der Waals surface area contributed by atoms with Crippen molar-refractivity contribution in [1.29, 1.82) is 0 Å². The van der Waals surface area contributed by atoms with Gasteiger partial charge in [-0.05, 0) is 38.3 Å². The van der Waals surface area contributed by atoms with Gasteiger partial charge in [0.25, 0.3) is 5.91 Å². The third-order valence-electron chi connectivity index (χ3n) is 4.26. The van der Waals surface area contributed by atoms with Gasteiger partial charge in [0.1, 0.15) is 5.69 Å². The molecule has 5 heteroatoms. The van der Waals surface area contributed by atoms with E-state index in [1.807, 2.05) is 32.0 Å². The van der Waals surface area contributed by atoms with Gasteiger partial charge < -0.3 is 4.90 Å². The zero-order chi connectivity index (χ0) is 16.4. The number of hydrogen-bond acceptors (Lipinski definition) is 4. The summed E-state index contributed by atoms with van der Waals surface area (Å²) >= 11 is 0. The van der Waals surface area contributed by atoms with Crippen molar-refractivity contribution in [2.24, 2.45) is 0 Å². The van der Waals surface area contributed by atoms with Gasteiger partial charge in [0.05, 0.1) is 12.2 Å². The second kappa shape index (κ2) is 6.28. The highest BCUT2D eigenvalue weighted by Crippen LogP contribution is 2.24. The van der Waals surface area contributed by atoms with E-state index in [-0.39, 0.29) is 17.4 Å². The van der Waals surface area contributed by atoms with Gasteiger partial charge in [-0.2, -0.15) is 0 Å². The first-order chi connectivity index (χ1) is 11.1. The van der Waals surface area contributed by atoms with Crippen molar-refractivity contribution in [1.82, 2.24) is 14.9 Å². The van der Waals surface area contributed by atoms with E-state index in [1.165, 1.54) is 18.6 Å². The molecule has 23 heavy (non-hydrogen) atoms. The first-order valence-electron chi connectivity index (χ1n) is 7.76. The number of nitrogens with zero attached hydrogens (tertiary/aromatic N) is 3. The Balaban J connectivity index is 1.88. The van der Waals surface area contributed by atoms with Crippen LogP contribution in [0.2, 0.25) is 0 Å².